The first-order valence-electron chi connectivity index (χ1n) is 6.66. The topological polar surface area (TPSA) is 48.7 Å². The summed E-state index contributed by atoms with van der Waals surface area (Å²) < 4.78 is 0. The van der Waals surface area contributed by atoms with E-state index in [0.29, 0.717) is 5.56 Å². The molecule has 0 aliphatic heterocycles. The summed E-state index contributed by atoms with van der Waals surface area (Å²) >= 11 is 0. The number of unbranched alkanes of at least 4 members (excludes halogenated alkanes) is 1. The monoisotopic (exact) mass is 245 g/mol. The molecule has 98 valence electrons. The van der Waals surface area contributed by atoms with Gasteiger partial charge in [-0.05, 0) is 32.3 Å². The Hall–Kier alpha value is -1.56. The highest BCUT2D eigenvalue weighted by molar-refractivity contribution is 5.59. The number of nitrogens with one attached hydrogen (secondary N) is 1. The molecule has 0 fully saturated rings. The number of hydrogen-bond donors (Lipinski definition) is 1. The van der Waals surface area contributed by atoms with Crippen LogP contribution in [-0.4, -0.2) is 11.5 Å². The highest BCUT2D eigenvalue weighted by Crippen LogP contribution is 2.18. The van der Waals surface area contributed by atoms with Crippen molar-refractivity contribution in [3.63, 3.8) is 0 Å². The van der Waals surface area contributed by atoms with E-state index in [1.165, 1.54) is 12.8 Å². The Balaban J connectivity index is 2.54. The maximum atomic E-state index is 9.14. The van der Waals surface area contributed by atoms with Gasteiger partial charge in [-0.1, -0.05) is 26.7 Å². The van der Waals surface area contributed by atoms with Gasteiger partial charge in [0.1, 0.15) is 6.07 Å². The highest BCUT2D eigenvalue weighted by Gasteiger charge is 2.07. The van der Waals surface area contributed by atoms with Crippen molar-refractivity contribution in [2.24, 2.45) is 5.92 Å². The van der Waals surface area contributed by atoms with Crippen LogP contribution in [0.2, 0.25) is 0 Å². The number of hydrogen-bond acceptors (Lipinski definition) is 3. The van der Waals surface area contributed by atoms with Crippen molar-refractivity contribution in [1.82, 2.24) is 4.98 Å². The highest BCUT2D eigenvalue weighted by atomic mass is 14.9. The average Bonchev–Trinajstić information content (AvgIpc) is 2.27. The Labute approximate surface area is 110 Å². The second-order valence-electron chi connectivity index (χ2n) is 5.20. The number of aromatic nitrogens is 1. The predicted molar refractivity (Wildman–Crippen MR) is 75.6 cm³/mol. The molecule has 0 atom stereocenters. The van der Waals surface area contributed by atoms with Crippen LogP contribution >= 0.6 is 0 Å². The zero-order valence-electron chi connectivity index (χ0n) is 11.9. The zero-order chi connectivity index (χ0) is 13.5. The van der Waals surface area contributed by atoms with Crippen LogP contribution < -0.4 is 5.32 Å². The number of nitriles is 1. The minimum Gasteiger partial charge on any atom is -0.384 e. The summed E-state index contributed by atoms with van der Waals surface area (Å²) in [7, 11) is 0. The molecule has 3 heteroatoms. The SMILES string of the molecule is Cc1cc(NCCCCC(C)C)c(C#N)c(C)n1. The van der Waals surface area contributed by atoms with Crippen LogP contribution in [0.1, 0.15) is 50.1 Å². The zero-order valence-corrected chi connectivity index (χ0v) is 11.9. The molecule has 3 nitrogen and oxygen atoms in total. The molecule has 18 heavy (non-hydrogen) atoms. The van der Waals surface area contributed by atoms with E-state index < -0.39 is 0 Å². The number of pyridine rings is 1. The third kappa shape index (κ3) is 4.37. The summed E-state index contributed by atoms with van der Waals surface area (Å²) in [5.74, 6) is 0.769. The minimum atomic E-state index is 0.671. The fraction of sp³-hybridized carbons (Fsp3) is 0.600. The Morgan fingerprint density at radius 1 is 1.33 bits per heavy atom. The summed E-state index contributed by atoms with van der Waals surface area (Å²) in [5, 5.41) is 12.5. The molecule has 0 spiro atoms. The van der Waals surface area contributed by atoms with E-state index in [1.54, 1.807) is 0 Å². The quantitative estimate of drug-likeness (QED) is 0.775. The standard InChI is InChI=1S/C15H23N3/c1-11(2)7-5-6-8-17-15-9-12(3)18-13(4)14(15)10-16/h9,11H,5-8H2,1-4H3,(H,17,18). The van der Waals surface area contributed by atoms with E-state index in [4.69, 9.17) is 5.26 Å². The van der Waals surface area contributed by atoms with Crippen molar-refractivity contribution in [3.8, 4) is 6.07 Å². The maximum absolute atomic E-state index is 9.14. The molecule has 1 aromatic rings. The molecular weight excluding hydrogens is 222 g/mol. The summed E-state index contributed by atoms with van der Waals surface area (Å²) in [6.45, 7) is 9.26. The third-order valence-corrected chi connectivity index (χ3v) is 2.96. The van der Waals surface area contributed by atoms with Gasteiger partial charge in [-0.25, -0.2) is 0 Å². The van der Waals surface area contributed by atoms with E-state index in [-0.39, 0.29) is 0 Å². The molecule has 0 saturated carbocycles. The van der Waals surface area contributed by atoms with Crippen molar-refractivity contribution < 1.29 is 0 Å². The van der Waals surface area contributed by atoms with Gasteiger partial charge in [0.2, 0.25) is 0 Å². The second-order valence-corrected chi connectivity index (χ2v) is 5.20. The van der Waals surface area contributed by atoms with E-state index in [9.17, 15) is 0 Å². The van der Waals surface area contributed by atoms with Gasteiger partial charge in [0.15, 0.2) is 0 Å². The van der Waals surface area contributed by atoms with E-state index in [2.05, 4.69) is 30.2 Å². The van der Waals surface area contributed by atoms with E-state index >= 15 is 0 Å². The number of anilines is 1. The summed E-state index contributed by atoms with van der Waals surface area (Å²) in [5.41, 5.74) is 3.36. The molecular formula is C15H23N3. The van der Waals surface area contributed by atoms with Crippen LogP contribution in [-0.2, 0) is 0 Å². The molecule has 0 aromatic carbocycles. The average molecular weight is 245 g/mol. The van der Waals surface area contributed by atoms with E-state index in [1.807, 2.05) is 19.9 Å². The van der Waals surface area contributed by atoms with Crippen molar-refractivity contribution in [2.45, 2.75) is 47.0 Å². The second kappa shape index (κ2) is 7.00. The van der Waals surface area contributed by atoms with Gasteiger partial charge in [-0.3, -0.25) is 4.98 Å². The van der Waals surface area contributed by atoms with Crippen molar-refractivity contribution >= 4 is 5.69 Å². The molecule has 0 bridgehead atoms. The molecule has 1 rings (SSSR count). The van der Waals surface area contributed by atoms with Gasteiger partial charge in [-0.2, -0.15) is 5.26 Å². The lowest BCUT2D eigenvalue weighted by Crippen LogP contribution is -2.06. The molecule has 1 N–H and O–H groups in total. The summed E-state index contributed by atoms with van der Waals surface area (Å²) in [6.07, 6.45) is 3.64. The molecule has 1 aromatic heterocycles. The lowest BCUT2D eigenvalue weighted by molar-refractivity contribution is 0.545. The van der Waals surface area contributed by atoms with Crippen molar-refractivity contribution in [1.29, 1.82) is 5.26 Å². The molecule has 0 amide bonds. The number of rotatable bonds is 6. The molecule has 0 aliphatic rings. The minimum absolute atomic E-state index is 0.671. The van der Waals surface area contributed by atoms with Gasteiger partial charge < -0.3 is 5.32 Å². The van der Waals surface area contributed by atoms with Crippen LogP contribution in [0.3, 0.4) is 0 Å². The molecule has 0 saturated heterocycles. The number of nitrogens with zero attached hydrogens (tertiary/aromatic N) is 2. The Bertz CT molecular complexity index is 430. The third-order valence-electron chi connectivity index (χ3n) is 2.96. The van der Waals surface area contributed by atoms with Gasteiger partial charge >= 0.3 is 0 Å². The predicted octanol–water partition coefficient (Wildman–Crippen LogP) is 3.81. The Kier molecular flexibility index (Phi) is 5.64. The van der Waals surface area contributed by atoms with Gasteiger partial charge in [-0.15, -0.1) is 0 Å². The molecule has 1 heterocycles. The van der Waals surface area contributed by atoms with E-state index in [0.717, 1.165) is 36.0 Å². The first kappa shape index (κ1) is 14.5. The van der Waals surface area contributed by atoms with Gasteiger partial charge in [0, 0.05) is 12.2 Å². The van der Waals surface area contributed by atoms with Crippen LogP contribution in [0, 0.1) is 31.1 Å². The molecule has 0 radical (unpaired) electrons. The Morgan fingerprint density at radius 3 is 2.67 bits per heavy atom. The first-order valence-corrected chi connectivity index (χ1v) is 6.66. The Morgan fingerprint density at radius 2 is 2.06 bits per heavy atom. The van der Waals surface area contributed by atoms with Crippen LogP contribution in [0.5, 0.6) is 0 Å². The first-order chi connectivity index (χ1) is 8.54. The fourth-order valence-corrected chi connectivity index (χ4v) is 2.01. The fourth-order valence-electron chi connectivity index (χ4n) is 2.01. The number of aryl methyl sites for hydroxylation is 2. The van der Waals surface area contributed by atoms with Gasteiger partial charge in [0.05, 0.1) is 16.9 Å². The smallest absolute Gasteiger partial charge is 0.103 e. The van der Waals surface area contributed by atoms with Crippen molar-refractivity contribution in [3.05, 3.63) is 23.0 Å². The largest absolute Gasteiger partial charge is 0.384 e. The normalized spacial score (nSPS) is 10.4. The molecule has 0 unspecified atom stereocenters. The van der Waals surface area contributed by atoms with Crippen LogP contribution in [0.4, 0.5) is 5.69 Å². The van der Waals surface area contributed by atoms with Crippen LogP contribution in [0.15, 0.2) is 6.07 Å². The lowest BCUT2D eigenvalue weighted by Gasteiger charge is -2.11. The summed E-state index contributed by atoms with van der Waals surface area (Å²) in [6, 6.07) is 4.18. The molecule has 0 aliphatic carbocycles. The lowest BCUT2D eigenvalue weighted by atomic mass is 10.1. The summed E-state index contributed by atoms with van der Waals surface area (Å²) in [4.78, 5) is 4.31. The van der Waals surface area contributed by atoms with Crippen molar-refractivity contribution in [2.75, 3.05) is 11.9 Å². The van der Waals surface area contributed by atoms with Crippen LogP contribution in [0.25, 0.3) is 0 Å². The van der Waals surface area contributed by atoms with Gasteiger partial charge in [0.25, 0.3) is 0 Å². The maximum Gasteiger partial charge on any atom is 0.103 e.